The zero-order valence-electron chi connectivity index (χ0n) is 17.0. The zero-order chi connectivity index (χ0) is 19.2. The van der Waals surface area contributed by atoms with Crippen LogP contribution in [0.4, 0.5) is 0 Å². The van der Waals surface area contributed by atoms with Crippen molar-refractivity contribution >= 4 is 5.96 Å². The van der Waals surface area contributed by atoms with E-state index in [9.17, 15) is 0 Å². The van der Waals surface area contributed by atoms with Crippen molar-refractivity contribution in [2.75, 3.05) is 66.2 Å². The summed E-state index contributed by atoms with van der Waals surface area (Å²) in [7, 11) is 1.85. The van der Waals surface area contributed by atoms with E-state index in [2.05, 4.69) is 57.4 Å². The number of guanidine groups is 1. The summed E-state index contributed by atoms with van der Waals surface area (Å²) < 4.78 is 11.1. The van der Waals surface area contributed by atoms with Crippen LogP contribution in [0.2, 0.25) is 0 Å². The molecule has 2 rings (SSSR count). The number of aliphatic imine (C=N–C) groups is 1. The van der Waals surface area contributed by atoms with Crippen molar-refractivity contribution in [3.63, 3.8) is 0 Å². The van der Waals surface area contributed by atoms with E-state index in [0.717, 1.165) is 58.3 Å². The maximum absolute atomic E-state index is 5.61. The molecule has 0 amide bonds. The van der Waals surface area contributed by atoms with Crippen LogP contribution in [0.5, 0.6) is 0 Å². The van der Waals surface area contributed by atoms with Crippen molar-refractivity contribution in [2.45, 2.75) is 26.3 Å². The van der Waals surface area contributed by atoms with Crippen LogP contribution < -0.4 is 5.32 Å². The zero-order valence-corrected chi connectivity index (χ0v) is 17.0. The largest absolute Gasteiger partial charge is 0.379 e. The molecular weight excluding hydrogens is 340 g/mol. The molecule has 1 aromatic carbocycles. The average molecular weight is 377 g/mol. The van der Waals surface area contributed by atoms with Crippen molar-refractivity contribution in [3.8, 4) is 0 Å². The highest BCUT2D eigenvalue weighted by atomic mass is 16.5. The van der Waals surface area contributed by atoms with Gasteiger partial charge in [0.15, 0.2) is 5.96 Å². The fourth-order valence-electron chi connectivity index (χ4n) is 3.10. The van der Waals surface area contributed by atoms with E-state index in [4.69, 9.17) is 9.47 Å². The maximum atomic E-state index is 5.61. The van der Waals surface area contributed by atoms with Gasteiger partial charge < -0.3 is 19.7 Å². The van der Waals surface area contributed by atoms with Gasteiger partial charge in [0.2, 0.25) is 0 Å². The van der Waals surface area contributed by atoms with E-state index in [0.29, 0.717) is 19.8 Å². The first-order valence-electron chi connectivity index (χ1n) is 10.2. The number of piperazine rings is 1. The van der Waals surface area contributed by atoms with Gasteiger partial charge in [-0.3, -0.25) is 9.89 Å². The van der Waals surface area contributed by atoms with Gasteiger partial charge in [0.25, 0.3) is 0 Å². The van der Waals surface area contributed by atoms with Crippen molar-refractivity contribution in [2.24, 2.45) is 4.99 Å². The van der Waals surface area contributed by atoms with Crippen molar-refractivity contribution in [3.05, 3.63) is 35.9 Å². The molecule has 1 aliphatic heterocycles. The minimum atomic E-state index is 0.655. The van der Waals surface area contributed by atoms with Gasteiger partial charge in [-0.2, -0.15) is 0 Å². The molecule has 27 heavy (non-hydrogen) atoms. The molecule has 1 saturated heterocycles. The molecule has 0 radical (unpaired) electrons. The molecule has 1 heterocycles. The number of hydrogen-bond donors (Lipinski definition) is 1. The van der Waals surface area contributed by atoms with Crippen LogP contribution in [0, 0.1) is 0 Å². The monoisotopic (exact) mass is 376 g/mol. The first-order valence-corrected chi connectivity index (χ1v) is 10.2. The summed E-state index contributed by atoms with van der Waals surface area (Å²) in [5.41, 5.74) is 1.38. The minimum absolute atomic E-state index is 0.655. The van der Waals surface area contributed by atoms with E-state index in [1.54, 1.807) is 0 Å². The molecule has 0 saturated carbocycles. The number of hydrogen-bond acceptors (Lipinski definition) is 4. The molecule has 0 aromatic heterocycles. The number of unbranched alkanes of at least 4 members (excludes halogenated alkanes) is 1. The van der Waals surface area contributed by atoms with Gasteiger partial charge in [0, 0.05) is 52.9 Å². The smallest absolute Gasteiger partial charge is 0.193 e. The quantitative estimate of drug-likeness (QED) is 0.365. The van der Waals surface area contributed by atoms with E-state index >= 15 is 0 Å². The highest BCUT2D eigenvalue weighted by molar-refractivity contribution is 5.79. The molecule has 0 atom stereocenters. The number of nitrogens with zero attached hydrogens (tertiary/aromatic N) is 3. The lowest BCUT2D eigenvalue weighted by Gasteiger charge is -2.36. The Morgan fingerprint density at radius 2 is 1.70 bits per heavy atom. The SMILES string of the molecule is CCCCOCCOCCNC(=NC)N1CCN(Cc2ccccc2)CC1. The number of nitrogens with one attached hydrogen (secondary N) is 1. The first kappa shape index (κ1) is 21.7. The number of rotatable bonds is 11. The molecule has 1 aromatic rings. The molecule has 1 N–H and O–H groups in total. The van der Waals surface area contributed by atoms with Gasteiger partial charge in [0.05, 0.1) is 19.8 Å². The standard InChI is InChI=1S/C21H36N4O2/c1-3-4-15-26-17-18-27-16-10-23-21(22-2)25-13-11-24(12-14-25)19-20-8-6-5-7-9-20/h5-9H,3-4,10-19H2,1-2H3,(H,22,23). The summed E-state index contributed by atoms with van der Waals surface area (Å²) in [4.78, 5) is 9.25. The Hall–Kier alpha value is -1.63. The van der Waals surface area contributed by atoms with Gasteiger partial charge in [-0.1, -0.05) is 43.7 Å². The molecule has 6 nitrogen and oxygen atoms in total. The van der Waals surface area contributed by atoms with Crippen LogP contribution >= 0.6 is 0 Å². The van der Waals surface area contributed by atoms with Crippen LogP contribution in [-0.4, -0.2) is 82.0 Å². The van der Waals surface area contributed by atoms with E-state index in [-0.39, 0.29) is 0 Å². The summed E-state index contributed by atoms with van der Waals surface area (Å²) >= 11 is 0. The molecule has 152 valence electrons. The highest BCUT2D eigenvalue weighted by Crippen LogP contribution is 2.08. The summed E-state index contributed by atoms with van der Waals surface area (Å²) in [5, 5.41) is 3.41. The second-order valence-electron chi connectivity index (χ2n) is 6.80. The Bertz CT molecular complexity index is 516. The average Bonchev–Trinajstić information content (AvgIpc) is 2.71. The highest BCUT2D eigenvalue weighted by Gasteiger charge is 2.19. The van der Waals surface area contributed by atoms with Crippen molar-refractivity contribution in [1.29, 1.82) is 0 Å². The lowest BCUT2D eigenvalue weighted by molar-refractivity contribution is 0.0485. The van der Waals surface area contributed by atoms with Gasteiger partial charge in [-0.25, -0.2) is 0 Å². The second-order valence-corrected chi connectivity index (χ2v) is 6.80. The molecule has 1 fully saturated rings. The molecular formula is C21H36N4O2. The third-order valence-corrected chi connectivity index (χ3v) is 4.68. The third-order valence-electron chi connectivity index (χ3n) is 4.68. The predicted octanol–water partition coefficient (Wildman–Crippen LogP) is 2.21. The number of benzene rings is 1. The summed E-state index contributed by atoms with van der Waals surface area (Å²) in [5.74, 6) is 0.970. The van der Waals surface area contributed by atoms with E-state index in [1.165, 1.54) is 12.0 Å². The van der Waals surface area contributed by atoms with E-state index < -0.39 is 0 Å². The van der Waals surface area contributed by atoms with Gasteiger partial charge in [-0.05, 0) is 12.0 Å². The second kappa shape index (κ2) is 13.5. The fourth-order valence-corrected chi connectivity index (χ4v) is 3.10. The molecule has 0 spiro atoms. The Morgan fingerprint density at radius 1 is 1.00 bits per heavy atom. The van der Waals surface area contributed by atoms with Gasteiger partial charge >= 0.3 is 0 Å². The minimum Gasteiger partial charge on any atom is -0.379 e. The van der Waals surface area contributed by atoms with Crippen LogP contribution in [-0.2, 0) is 16.0 Å². The molecule has 0 bridgehead atoms. The van der Waals surface area contributed by atoms with Crippen molar-refractivity contribution in [1.82, 2.24) is 15.1 Å². The molecule has 6 heteroatoms. The Kier molecular flexibility index (Phi) is 10.9. The maximum Gasteiger partial charge on any atom is 0.193 e. The van der Waals surface area contributed by atoms with E-state index in [1.807, 2.05) is 7.05 Å². The Morgan fingerprint density at radius 3 is 2.37 bits per heavy atom. The Balaban J connectivity index is 1.56. The normalized spacial score (nSPS) is 15.9. The predicted molar refractivity (Wildman–Crippen MR) is 111 cm³/mol. The lowest BCUT2D eigenvalue weighted by atomic mass is 10.2. The van der Waals surface area contributed by atoms with Gasteiger partial charge in [0.1, 0.15) is 0 Å². The summed E-state index contributed by atoms with van der Waals surface area (Å²) in [6.07, 6.45) is 2.29. The molecule has 0 aliphatic carbocycles. The Labute approximate surface area is 164 Å². The molecule has 1 aliphatic rings. The first-order chi connectivity index (χ1) is 13.3. The van der Waals surface area contributed by atoms with Crippen LogP contribution in [0.3, 0.4) is 0 Å². The van der Waals surface area contributed by atoms with Crippen LogP contribution in [0.15, 0.2) is 35.3 Å². The summed E-state index contributed by atoms with van der Waals surface area (Å²) in [6.45, 7) is 10.9. The topological polar surface area (TPSA) is 49.3 Å². The van der Waals surface area contributed by atoms with Gasteiger partial charge in [-0.15, -0.1) is 0 Å². The molecule has 0 unspecified atom stereocenters. The van der Waals surface area contributed by atoms with Crippen LogP contribution in [0.1, 0.15) is 25.3 Å². The summed E-state index contributed by atoms with van der Waals surface area (Å²) in [6, 6.07) is 10.7. The number of ether oxygens (including phenoxy) is 2. The van der Waals surface area contributed by atoms with Crippen LogP contribution in [0.25, 0.3) is 0 Å². The van der Waals surface area contributed by atoms with Crippen molar-refractivity contribution < 1.29 is 9.47 Å². The lowest BCUT2D eigenvalue weighted by Crippen LogP contribution is -2.52. The fraction of sp³-hybridized carbons (Fsp3) is 0.667. The third kappa shape index (κ3) is 8.73.